The quantitative estimate of drug-likeness (QED) is 0.899. The summed E-state index contributed by atoms with van der Waals surface area (Å²) in [5.74, 6) is 0.719. The topological polar surface area (TPSA) is 32.5 Å². The van der Waals surface area contributed by atoms with E-state index in [0.29, 0.717) is 16.6 Å². The molecule has 0 aromatic heterocycles. The summed E-state index contributed by atoms with van der Waals surface area (Å²) in [6.45, 7) is 10.6. The van der Waals surface area contributed by atoms with Gasteiger partial charge in [-0.1, -0.05) is 43.1 Å². The van der Waals surface area contributed by atoms with Crippen LogP contribution in [0.2, 0.25) is 10.0 Å². The van der Waals surface area contributed by atoms with Crippen LogP contribution < -0.4 is 5.73 Å². The van der Waals surface area contributed by atoms with Crippen LogP contribution in [0.4, 0.5) is 0 Å². The molecule has 1 aromatic rings. The summed E-state index contributed by atoms with van der Waals surface area (Å²) >= 11 is 12.1. The normalized spacial score (nSPS) is 19.1. The van der Waals surface area contributed by atoms with E-state index in [2.05, 4.69) is 23.6 Å². The van der Waals surface area contributed by atoms with Crippen molar-refractivity contribution < 1.29 is 0 Å². The number of hydrogen-bond donors (Lipinski definition) is 1. The Morgan fingerprint density at radius 3 is 2.29 bits per heavy atom. The molecule has 0 radical (unpaired) electrons. The van der Waals surface area contributed by atoms with Gasteiger partial charge in [-0.15, -0.1) is 0 Å². The SMILES string of the molecule is CC(C)CN1CCN(C(CN)c2ccc(Cl)c(Cl)c2)CC1. The molecule has 2 N–H and O–H groups in total. The first-order chi connectivity index (χ1) is 10.0. The molecule has 1 aromatic carbocycles. The van der Waals surface area contributed by atoms with Crippen molar-refractivity contribution in [2.75, 3.05) is 39.3 Å². The monoisotopic (exact) mass is 329 g/mol. The van der Waals surface area contributed by atoms with Crippen molar-refractivity contribution in [3.8, 4) is 0 Å². The molecule has 1 fully saturated rings. The molecule has 1 unspecified atom stereocenters. The zero-order chi connectivity index (χ0) is 15.4. The number of rotatable bonds is 5. The molecule has 3 nitrogen and oxygen atoms in total. The van der Waals surface area contributed by atoms with Crippen LogP contribution in [0.15, 0.2) is 18.2 Å². The first-order valence-electron chi connectivity index (χ1n) is 7.62. The maximum Gasteiger partial charge on any atom is 0.0595 e. The van der Waals surface area contributed by atoms with Crippen LogP contribution in [0.5, 0.6) is 0 Å². The Kier molecular flexibility index (Phi) is 6.33. The minimum atomic E-state index is 0.223. The molecule has 0 bridgehead atoms. The number of piperazine rings is 1. The third-order valence-corrected chi connectivity index (χ3v) is 4.76. The van der Waals surface area contributed by atoms with Crippen LogP contribution in [-0.4, -0.2) is 49.1 Å². The summed E-state index contributed by atoms with van der Waals surface area (Å²) in [5, 5.41) is 1.20. The van der Waals surface area contributed by atoms with Gasteiger partial charge in [0.2, 0.25) is 0 Å². The zero-order valence-electron chi connectivity index (χ0n) is 12.9. The predicted octanol–water partition coefficient (Wildman–Crippen LogP) is 3.27. The van der Waals surface area contributed by atoms with E-state index >= 15 is 0 Å². The molecule has 0 amide bonds. The standard InChI is InChI=1S/C16H25Cl2N3/c1-12(2)11-20-5-7-21(8-6-20)16(10-19)13-3-4-14(17)15(18)9-13/h3-4,9,12,16H,5-8,10-11,19H2,1-2H3. The summed E-state index contributed by atoms with van der Waals surface area (Å²) in [7, 11) is 0. The van der Waals surface area contributed by atoms with Gasteiger partial charge in [0, 0.05) is 45.3 Å². The molecule has 21 heavy (non-hydrogen) atoms. The van der Waals surface area contributed by atoms with Gasteiger partial charge >= 0.3 is 0 Å². The third-order valence-electron chi connectivity index (χ3n) is 4.02. The minimum absolute atomic E-state index is 0.223. The van der Waals surface area contributed by atoms with Crippen LogP contribution >= 0.6 is 23.2 Å². The summed E-state index contributed by atoms with van der Waals surface area (Å²) in [6.07, 6.45) is 0. The predicted molar refractivity (Wildman–Crippen MR) is 91.1 cm³/mol. The average Bonchev–Trinajstić information content (AvgIpc) is 2.45. The van der Waals surface area contributed by atoms with Gasteiger partial charge in [-0.05, 0) is 23.6 Å². The fourth-order valence-electron chi connectivity index (χ4n) is 2.99. The van der Waals surface area contributed by atoms with Crippen molar-refractivity contribution in [1.29, 1.82) is 0 Å². The van der Waals surface area contributed by atoms with Crippen molar-refractivity contribution in [2.45, 2.75) is 19.9 Å². The van der Waals surface area contributed by atoms with E-state index in [1.54, 1.807) is 0 Å². The van der Waals surface area contributed by atoms with Crippen LogP contribution in [0, 0.1) is 5.92 Å². The Balaban J connectivity index is 2.00. The number of hydrogen-bond acceptors (Lipinski definition) is 3. The number of nitrogens with two attached hydrogens (primary N) is 1. The highest BCUT2D eigenvalue weighted by molar-refractivity contribution is 6.42. The largest absolute Gasteiger partial charge is 0.329 e. The van der Waals surface area contributed by atoms with Crippen LogP contribution in [0.1, 0.15) is 25.5 Å². The van der Waals surface area contributed by atoms with Gasteiger partial charge < -0.3 is 10.6 Å². The van der Waals surface area contributed by atoms with Crippen LogP contribution in [-0.2, 0) is 0 Å². The Bertz CT molecular complexity index is 457. The zero-order valence-corrected chi connectivity index (χ0v) is 14.4. The molecule has 1 saturated heterocycles. The molecule has 0 saturated carbocycles. The van der Waals surface area contributed by atoms with Crippen LogP contribution in [0.3, 0.4) is 0 Å². The summed E-state index contributed by atoms with van der Waals surface area (Å²) in [4.78, 5) is 4.99. The highest BCUT2D eigenvalue weighted by Gasteiger charge is 2.24. The molecule has 1 aliphatic rings. The fourth-order valence-corrected chi connectivity index (χ4v) is 3.30. The molecule has 118 valence electrons. The second-order valence-corrected chi connectivity index (χ2v) is 6.97. The lowest BCUT2D eigenvalue weighted by atomic mass is 10.0. The molecule has 2 rings (SSSR count). The number of nitrogens with zero attached hydrogens (tertiary/aromatic N) is 2. The van der Waals surface area contributed by atoms with E-state index in [1.807, 2.05) is 18.2 Å². The first kappa shape index (κ1) is 17.0. The van der Waals surface area contributed by atoms with Crippen molar-refractivity contribution in [2.24, 2.45) is 11.7 Å². The lowest BCUT2D eigenvalue weighted by Crippen LogP contribution is -2.49. The maximum atomic E-state index is 6.13. The number of benzene rings is 1. The fraction of sp³-hybridized carbons (Fsp3) is 0.625. The van der Waals surface area contributed by atoms with Gasteiger partial charge in [0.25, 0.3) is 0 Å². The van der Waals surface area contributed by atoms with E-state index in [-0.39, 0.29) is 6.04 Å². The summed E-state index contributed by atoms with van der Waals surface area (Å²) in [5.41, 5.74) is 7.16. The Morgan fingerprint density at radius 1 is 1.10 bits per heavy atom. The van der Waals surface area contributed by atoms with Crippen LogP contribution in [0.25, 0.3) is 0 Å². The van der Waals surface area contributed by atoms with Gasteiger partial charge in [0.05, 0.1) is 10.0 Å². The first-order valence-corrected chi connectivity index (χ1v) is 8.38. The van der Waals surface area contributed by atoms with Gasteiger partial charge in [-0.3, -0.25) is 4.90 Å². The lowest BCUT2D eigenvalue weighted by Gasteiger charge is -2.39. The molecule has 0 aliphatic carbocycles. The molecular formula is C16H25Cl2N3. The Morgan fingerprint density at radius 2 is 1.76 bits per heavy atom. The summed E-state index contributed by atoms with van der Waals surface area (Å²) in [6, 6.07) is 6.06. The lowest BCUT2D eigenvalue weighted by molar-refractivity contribution is 0.0912. The van der Waals surface area contributed by atoms with E-state index < -0.39 is 0 Å². The molecular weight excluding hydrogens is 305 g/mol. The highest BCUT2D eigenvalue weighted by Crippen LogP contribution is 2.28. The molecule has 0 spiro atoms. The molecule has 1 atom stereocenters. The van der Waals surface area contributed by atoms with Gasteiger partial charge in [-0.2, -0.15) is 0 Å². The third kappa shape index (κ3) is 4.57. The smallest absolute Gasteiger partial charge is 0.0595 e. The molecule has 1 heterocycles. The molecule has 1 aliphatic heterocycles. The van der Waals surface area contributed by atoms with E-state index in [4.69, 9.17) is 28.9 Å². The highest BCUT2D eigenvalue weighted by atomic mass is 35.5. The van der Waals surface area contributed by atoms with Crippen molar-refractivity contribution in [3.05, 3.63) is 33.8 Å². The van der Waals surface area contributed by atoms with Gasteiger partial charge in [0.1, 0.15) is 0 Å². The second kappa shape index (κ2) is 7.80. The minimum Gasteiger partial charge on any atom is -0.329 e. The van der Waals surface area contributed by atoms with Gasteiger partial charge in [0.15, 0.2) is 0 Å². The van der Waals surface area contributed by atoms with Crippen molar-refractivity contribution >= 4 is 23.2 Å². The summed E-state index contributed by atoms with van der Waals surface area (Å²) < 4.78 is 0. The molecule has 5 heteroatoms. The Labute approximate surface area is 138 Å². The van der Waals surface area contributed by atoms with Crippen molar-refractivity contribution in [3.63, 3.8) is 0 Å². The van der Waals surface area contributed by atoms with E-state index in [0.717, 1.165) is 37.7 Å². The van der Waals surface area contributed by atoms with E-state index in [1.165, 1.54) is 6.54 Å². The van der Waals surface area contributed by atoms with Gasteiger partial charge in [-0.25, -0.2) is 0 Å². The van der Waals surface area contributed by atoms with Crippen molar-refractivity contribution in [1.82, 2.24) is 9.80 Å². The number of halogens is 2. The van der Waals surface area contributed by atoms with E-state index in [9.17, 15) is 0 Å². The maximum absolute atomic E-state index is 6.13. The Hall–Kier alpha value is -0.320. The average molecular weight is 330 g/mol. The second-order valence-electron chi connectivity index (χ2n) is 6.16.